The van der Waals surface area contributed by atoms with Crippen molar-refractivity contribution in [3.05, 3.63) is 64.9 Å². The van der Waals surface area contributed by atoms with Gasteiger partial charge in [-0.2, -0.15) is 0 Å². The lowest BCUT2D eigenvalue weighted by Gasteiger charge is -2.21. The van der Waals surface area contributed by atoms with Gasteiger partial charge in [0.05, 0.1) is 12.2 Å². The molecular weight excluding hydrogens is 288 g/mol. The fraction of sp³-hybridized carbons (Fsp3) is 0.250. The van der Waals surface area contributed by atoms with Crippen LogP contribution in [-0.4, -0.2) is 40.6 Å². The van der Waals surface area contributed by atoms with Crippen LogP contribution in [0.25, 0.3) is 0 Å². The standard InChI is InChI=1S/C16H17ClN2O2/c17-15-7-6-14(12-18-15)16(21)19(10-11-20)9-8-13-4-2-1-3-5-13/h1-7,12,20H,8-11H2. The number of benzene rings is 1. The molecule has 1 aromatic heterocycles. The van der Waals surface area contributed by atoms with E-state index in [-0.39, 0.29) is 12.5 Å². The molecule has 0 aliphatic rings. The number of pyridine rings is 1. The molecule has 1 N–H and O–H groups in total. The average Bonchev–Trinajstić information content (AvgIpc) is 2.52. The molecule has 0 unspecified atom stereocenters. The third-order valence-corrected chi connectivity index (χ3v) is 3.37. The van der Waals surface area contributed by atoms with Crippen LogP contribution in [0.3, 0.4) is 0 Å². The number of hydrogen-bond donors (Lipinski definition) is 1. The molecule has 21 heavy (non-hydrogen) atoms. The van der Waals surface area contributed by atoms with Crippen molar-refractivity contribution in [2.45, 2.75) is 6.42 Å². The van der Waals surface area contributed by atoms with Gasteiger partial charge >= 0.3 is 0 Å². The molecule has 1 aromatic carbocycles. The molecule has 0 aliphatic heterocycles. The fourth-order valence-electron chi connectivity index (χ4n) is 2.03. The number of rotatable bonds is 6. The fourth-order valence-corrected chi connectivity index (χ4v) is 2.14. The average molecular weight is 305 g/mol. The first-order valence-corrected chi connectivity index (χ1v) is 7.14. The summed E-state index contributed by atoms with van der Waals surface area (Å²) in [5, 5.41) is 9.49. The number of halogens is 1. The highest BCUT2D eigenvalue weighted by atomic mass is 35.5. The second-order valence-electron chi connectivity index (χ2n) is 4.62. The van der Waals surface area contributed by atoms with Gasteiger partial charge < -0.3 is 10.0 Å². The Balaban J connectivity index is 2.03. The predicted molar refractivity (Wildman–Crippen MR) is 82.4 cm³/mol. The van der Waals surface area contributed by atoms with E-state index >= 15 is 0 Å². The molecule has 5 heteroatoms. The molecule has 0 saturated heterocycles. The van der Waals surface area contributed by atoms with Gasteiger partial charge in [0, 0.05) is 19.3 Å². The summed E-state index contributed by atoms with van der Waals surface area (Å²) in [6.45, 7) is 0.780. The van der Waals surface area contributed by atoms with Gasteiger partial charge in [-0.1, -0.05) is 41.9 Å². The van der Waals surface area contributed by atoms with Gasteiger partial charge in [-0.15, -0.1) is 0 Å². The molecule has 0 radical (unpaired) electrons. The lowest BCUT2D eigenvalue weighted by atomic mass is 10.1. The van der Waals surface area contributed by atoms with Crippen LogP contribution in [0, 0.1) is 0 Å². The molecule has 0 bridgehead atoms. The van der Waals surface area contributed by atoms with Gasteiger partial charge in [0.2, 0.25) is 0 Å². The van der Waals surface area contributed by atoms with Crippen LogP contribution >= 0.6 is 11.6 Å². The highest BCUT2D eigenvalue weighted by Gasteiger charge is 2.15. The summed E-state index contributed by atoms with van der Waals surface area (Å²) in [5.41, 5.74) is 1.63. The molecule has 1 heterocycles. The first kappa shape index (κ1) is 15.5. The third kappa shape index (κ3) is 4.55. The van der Waals surface area contributed by atoms with E-state index in [9.17, 15) is 4.79 Å². The summed E-state index contributed by atoms with van der Waals surface area (Å²) in [6.07, 6.45) is 2.20. The molecule has 110 valence electrons. The Labute approximate surface area is 129 Å². The highest BCUT2D eigenvalue weighted by molar-refractivity contribution is 6.29. The maximum Gasteiger partial charge on any atom is 0.255 e. The van der Waals surface area contributed by atoms with Gasteiger partial charge in [0.25, 0.3) is 5.91 Å². The third-order valence-electron chi connectivity index (χ3n) is 3.14. The topological polar surface area (TPSA) is 53.4 Å². The molecule has 1 amide bonds. The van der Waals surface area contributed by atoms with E-state index in [1.165, 1.54) is 6.20 Å². The van der Waals surface area contributed by atoms with Crippen LogP contribution < -0.4 is 0 Å². The molecular formula is C16H17ClN2O2. The van der Waals surface area contributed by atoms with Gasteiger partial charge in [-0.3, -0.25) is 4.79 Å². The van der Waals surface area contributed by atoms with Crippen molar-refractivity contribution in [2.24, 2.45) is 0 Å². The maximum atomic E-state index is 12.4. The van der Waals surface area contributed by atoms with E-state index in [1.807, 2.05) is 30.3 Å². The minimum atomic E-state index is -0.149. The Morgan fingerprint density at radius 2 is 1.90 bits per heavy atom. The number of nitrogens with zero attached hydrogens (tertiary/aromatic N) is 2. The highest BCUT2D eigenvalue weighted by Crippen LogP contribution is 2.09. The quantitative estimate of drug-likeness (QED) is 0.834. The molecule has 0 spiro atoms. The first-order chi connectivity index (χ1) is 10.2. The van der Waals surface area contributed by atoms with Crippen LogP contribution in [0.5, 0.6) is 0 Å². The second kappa shape index (κ2) is 7.76. The van der Waals surface area contributed by atoms with Crippen molar-refractivity contribution < 1.29 is 9.90 Å². The first-order valence-electron chi connectivity index (χ1n) is 6.76. The minimum absolute atomic E-state index is 0.0679. The van der Waals surface area contributed by atoms with E-state index in [4.69, 9.17) is 16.7 Å². The van der Waals surface area contributed by atoms with Crippen molar-refractivity contribution >= 4 is 17.5 Å². The Hall–Kier alpha value is -1.91. The van der Waals surface area contributed by atoms with E-state index in [0.29, 0.717) is 23.8 Å². The largest absolute Gasteiger partial charge is 0.395 e. The summed E-state index contributed by atoms with van der Waals surface area (Å²) >= 11 is 5.72. The second-order valence-corrected chi connectivity index (χ2v) is 5.01. The van der Waals surface area contributed by atoms with E-state index < -0.39 is 0 Å². The summed E-state index contributed by atoms with van der Waals surface area (Å²) in [6, 6.07) is 13.2. The van der Waals surface area contributed by atoms with Crippen molar-refractivity contribution in [1.29, 1.82) is 0 Å². The number of carbonyl (C=O) groups excluding carboxylic acids is 1. The van der Waals surface area contributed by atoms with E-state index in [2.05, 4.69) is 4.98 Å². The van der Waals surface area contributed by atoms with E-state index in [1.54, 1.807) is 17.0 Å². The predicted octanol–water partition coefficient (Wildman–Crippen LogP) is 2.41. The van der Waals surface area contributed by atoms with Crippen LogP contribution in [0.15, 0.2) is 48.7 Å². The lowest BCUT2D eigenvalue weighted by Crippen LogP contribution is -2.35. The van der Waals surface area contributed by atoms with E-state index in [0.717, 1.165) is 12.0 Å². The zero-order valence-electron chi connectivity index (χ0n) is 11.6. The summed E-state index contributed by atoms with van der Waals surface area (Å²) in [7, 11) is 0. The van der Waals surface area contributed by atoms with Crippen LogP contribution in [0.2, 0.25) is 5.15 Å². The lowest BCUT2D eigenvalue weighted by molar-refractivity contribution is 0.0723. The summed E-state index contributed by atoms with van der Waals surface area (Å²) in [5.74, 6) is -0.149. The Morgan fingerprint density at radius 1 is 1.14 bits per heavy atom. The molecule has 2 rings (SSSR count). The SMILES string of the molecule is O=C(c1ccc(Cl)nc1)N(CCO)CCc1ccccc1. The summed E-state index contributed by atoms with van der Waals surface area (Å²) < 4.78 is 0. The minimum Gasteiger partial charge on any atom is -0.395 e. The summed E-state index contributed by atoms with van der Waals surface area (Å²) in [4.78, 5) is 17.9. The molecule has 0 saturated carbocycles. The number of carbonyl (C=O) groups is 1. The maximum absolute atomic E-state index is 12.4. The number of hydrogen-bond acceptors (Lipinski definition) is 3. The smallest absolute Gasteiger partial charge is 0.255 e. The molecule has 0 atom stereocenters. The number of amides is 1. The number of aromatic nitrogens is 1. The van der Waals surface area contributed by atoms with Crippen molar-refractivity contribution in [2.75, 3.05) is 19.7 Å². The molecule has 0 aliphatic carbocycles. The number of aliphatic hydroxyl groups excluding tert-OH is 1. The van der Waals surface area contributed by atoms with Crippen molar-refractivity contribution in [3.8, 4) is 0 Å². The zero-order valence-corrected chi connectivity index (χ0v) is 12.3. The van der Waals surface area contributed by atoms with Crippen molar-refractivity contribution in [1.82, 2.24) is 9.88 Å². The number of aliphatic hydroxyl groups is 1. The van der Waals surface area contributed by atoms with Gasteiger partial charge in [-0.05, 0) is 24.1 Å². The van der Waals surface area contributed by atoms with Gasteiger partial charge in [-0.25, -0.2) is 4.98 Å². The van der Waals surface area contributed by atoms with Gasteiger partial charge in [0.1, 0.15) is 5.15 Å². The molecule has 4 nitrogen and oxygen atoms in total. The Bertz CT molecular complexity index is 573. The van der Waals surface area contributed by atoms with Crippen molar-refractivity contribution in [3.63, 3.8) is 0 Å². The normalized spacial score (nSPS) is 10.4. The zero-order chi connectivity index (χ0) is 15.1. The monoisotopic (exact) mass is 304 g/mol. The van der Waals surface area contributed by atoms with Crippen LogP contribution in [-0.2, 0) is 6.42 Å². The van der Waals surface area contributed by atoms with Crippen LogP contribution in [0.1, 0.15) is 15.9 Å². The molecule has 2 aromatic rings. The molecule has 0 fully saturated rings. The Morgan fingerprint density at radius 3 is 2.52 bits per heavy atom. The van der Waals surface area contributed by atoms with Crippen LogP contribution in [0.4, 0.5) is 0 Å². The van der Waals surface area contributed by atoms with Gasteiger partial charge in [0.15, 0.2) is 0 Å². The Kier molecular flexibility index (Phi) is 5.72.